The summed E-state index contributed by atoms with van der Waals surface area (Å²) in [5.41, 5.74) is 6.24. The lowest BCUT2D eigenvalue weighted by Crippen LogP contribution is -2.03. The fraction of sp³-hybridized carbons (Fsp3) is 0.0500. The van der Waals surface area contributed by atoms with Crippen LogP contribution >= 0.6 is 0 Å². The summed E-state index contributed by atoms with van der Waals surface area (Å²) in [5.74, 6) is 0. The zero-order valence-corrected chi connectivity index (χ0v) is 11.5. The molecule has 1 nitrogen and oxygen atoms in total. The smallest absolute Gasteiger partial charge is 0.0751 e. The molecule has 0 N–H and O–H groups in total. The first-order valence-corrected chi connectivity index (χ1v) is 7.30. The van der Waals surface area contributed by atoms with Crippen molar-refractivity contribution in [3.63, 3.8) is 0 Å². The predicted octanol–water partition coefficient (Wildman–Crippen LogP) is 4.96. The number of benzene rings is 3. The molecule has 0 spiro atoms. The molecule has 5 rings (SSSR count). The Morgan fingerprint density at radius 1 is 0.714 bits per heavy atom. The third-order valence-electron chi connectivity index (χ3n) is 4.43. The van der Waals surface area contributed by atoms with Gasteiger partial charge in [-0.3, -0.25) is 0 Å². The first kappa shape index (κ1) is 11.0. The Balaban J connectivity index is 1.95. The highest BCUT2D eigenvalue weighted by atomic mass is 14.7. The fourth-order valence-corrected chi connectivity index (χ4v) is 3.50. The molecule has 0 radical (unpaired) electrons. The molecule has 1 heterocycles. The highest BCUT2D eigenvalue weighted by Crippen LogP contribution is 2.39. The first-order chi connectivity index (χ1) is 10.4. The van der Waals surface area contributed by atoms with E-state index in [-0.39, 0.29) is 0 Å². The van der Waals surface area contributed by atoms with Gasteiger partial charge in [0, 0.05) is 17.4 Å². The lowest BCUT2D eigenvalue weighted by molar-refractivity contribution is 1.17. The van der Waals surface area contributed by atoms with Crippen LogP contribution in [0, 0.1) is 0 Å². The topological polar surface area (TPSA) is 12.9 Å². The molecule has 0 atom stereocenters. The molecule has 0 saturated heterocycles. The van der Waals surface area contributed by atoms with Crippen LogP contribution < -0.4 is 0 Å². The van der Waals surface area contributed by atoms with Gasteiger partial charge in [0.05, 0.1) is 11.2 Å². The molecule has 4 aromatic rings. The van der Waals surface area contributed by atoms with Crippen LogP contribution in [-0.2, 0) is 6.42 Å². The van der Waals surface area contributed by atoms with Crippen molar-refractivity contribution in [3.8, 4) is 11.3 Å². The average Bonchev–Trinajstić information content (AvgIpc) is 2.54. The maximum absolute atomic E-state index is 4.94. The van der Waals surface area contributed by atoms with E-state index in [9.17, 15) is 0 Å². The van der Waals surface area contributed by atoms with E-state index < -0.39 is 0 Å². The standard InChI is InChI=1S/C20H13N/c1-2-10-18-14(5-1)11-16-12-15-8-3-6-13-7-4-9-17(19(13)15)20(16)21-18/h1-11H,12H2. The Morgan fingerprint density at radius 3 is 2.48 bits per heavy atom. The molecule has 1 aliphatic carbocycles. The van der Waals surface area contributed by atoms with Crippen molar-refractivity contribution in [2.24, 2.45) is 0 Å². The molecular formula is C20H13N. The van der Waals surface area contributed by atoms with Crippen LogP contribution in [0.1, 0.15) is 11.1 Å². The molecule has 0 fully saturated rings. The largest absolute Gasteiger partial charge is 0.247 e. The van der Waals surface area contributed by atoms with Gasteiger partial charge in [-0.25, -0.2) is 4.98 Å². The predicted molar refractivity (Wildman–Crippen MR) is 87.5 cm³/mol. The number of nitrogens with zero attached hydrogens (tertiary/aromatic N) is 1. The summed E-state index contributed by atoms with van der Waals surface area (Å²) in [6.45, 7) is 0. The summed E-state index contributed by atoms with van der Waals surface area (Å²) in [7, 11) is 0. The maximum Gasteiger partial charge on any atom is 0.0751 e. The number of hydrogen-bond acceptors (Lipinski definition) is 1. The van der Waals surface area contributed by atoms with Crippen molar-refractivity contribution < 1.29 is 0 Å². The van der Waals surface area contributed by atoms with Crippen LogP contribution in [-0.4, -0.2) is 4.98 Å². The van der Waals surface area contributed by atoms with Gasteiger partial charge in [-0.1, -0.05) is 54.6 Å². The second-order valence-electron chi connectivity index (χ2n) is 5.69. The Labute approximate surface area is 122 Å². The van der Waals surface area contributed by atoms with Gasteiger partial charge < -0.3 is 0 Å². The monoisotopic (exact) mass is 267 g/mol. The summed E-state index contributed by atoms with van der Waals surface area (Å²) in [5, 5.41) is 3.91. The van der Waals surface area contributed by atoms with Gasteiger partial charge >= 0.3 is 0 Å². The quantitative estimate of drug-likeness (QED) is 0.386. The van der Waals surface area contributed by atoms with Gasteiger partial charge in [0.2, 0.25) is 0 Å². The summed E-state index contributed by atoms with van der Waals surface area (Å²) in [6, 6.07) is 23.8. The minimum Gasteiger partial charge on any atom is -0.247 e. The second-order valence-corrected chi connectivity index (χ2v) is 5.69. The molecule has 0 unspecified atom stereocenters. The third-order valence-corrected chi connectivity index (χ3v) is 4.43. The van der Waals surface area contributed by atoms with Gasteiger partial charge in [-0.15, -0.1) is 0 Å². The molecule has 21 heavy (non-hydrogen) atoms. The minimum absolute atomic E-state index is 0.974. The normalized spacial score (nSPS) is 12.6. The number of aromatic nitrogens is 1. The van der Waals surface area contributed by atoms with E-state index in [1.54, 1.807) is 0 Å². The van der Waals surface area contributed by atoms with Gasteiger partial charge in [-0.2, -0.15) is 0 Å². The van der Waals surface area contributed by atoms with Crippen molar-refractivity contribution in [3.05, 3.63) is 77.9 Å². The van der Waals surface area contributed by atoms with Crippen molar-refractivity contribution in [2.45, 2.75) is 6.42 Å². The molecule has 0 bridgehead atoms. The van der Waals surface area contributed by atoms with E-state index in [0.717, 1.165) is 17.6 Å². The van der Waals surface area contributed by atoms with Gasteiger partial charge in [0.25, 0.3) is 0 Å². The van der Waals surface area contributed by atoms with Crippen molar-refractivity contribution in [2.75, 3.05) is 0 Å². The SMILES string of the molecule is c1ccc2nc3c(cc2c1)Cc1cccc2cccc-3c12. The number of rotatable bonds is 0. The number of fused-ring (bicyclic) bond motifs is 3. The van der Waals surface area contributed by atoms with E-state index in [1.807, 2.05) is 0 Å². The molecule has 98 valence electrons. The Kier molecular flexibility index (Phi) is 2.06. The van der Waals surface area contributed by atoms with Crippen molar-refractivity contribution >= 4 is 21.7 Å². The molecule has 0 amide bonds. The highest BCUT2D eigenvalue weighted by molar-refractivity contribution is 6.02. The van der Waals surface area contributed by atoms with Gasteiger partial charge in [0.15, 0.2) is 0 Å². The molecular weight excluding hydrogens is 254 g/mol. The lowest BCUT2D eigenvalue weighted by atomic mass is 9.86. The summed E-state index contributed by atoms with van der Waals surface area (Å²) >= 11 is 0. The van der Waals surface area contributed by atoms with E-state index >= 15 is 0 Å². The average molecular weight is 267 g/mol. The first-order valence-electron chi connectivity index (χ1n) is 7.30. The molecule has 3 aromatic carbocycles. The number of para-hydroxylation sites is 1. The summed E-state index contributed by atoms with van der Waals surface area (Å²) in [4.78, 5) is 4.94. The maximum atomic E-state index is 4.94. The third kappa shape index (κ3) is 1.49. The Bertz CT molecular complexity index is 1010. The molecule has 0 aliphatic heterocycles. The van der Waals surface area contributed by atoms with Crippen molar-refractivity contribution in [1.82, 2.24) is 4.98 Å². The number of hydrogen-bond donors (Lipinski definition) is 0. The fourth-order valence-electron chi connectivity index (χ4n) is 3.50. The van der Waals surface area contributed by atoms with Gasteiger partial charge in [0.1, 0.15) is 0 Å². The van der Waals surface area contributed by atoms with Crippen LogP contribution in [0.2, 0.25) is 0 Å². The zero-order chi connectivity index (χ0) is 13.8. The van der Waals surface area contributed by atoms with E-state index in [0.29, 0.717) is 0 Å². The van der Waals surface area contributed by atoms with Crippen LogP contribution in [0.15, 0.2) is 66.7 Å². The summed E-state index contributed by atoms with van der Waals surface area (Å²) in [6.07, 6.45) is 0.974. The molecule has 1 aliphatic rings. The second kappa shape index (κ2) is 3.92. The molecule has 1 aromatic heterocycles. The van der Waals surface area contributed by atoms with Crippen LogP contribution in [0.25, 0.3) is 32.9 Å². The van der Waals surface area contributed by atoms with Gasteiger partial charge in [-0.05, 0) is 34.0 Å². The number of pyridine rings is 1. The lowest BCUT2D eigenvalue weighted by Gasteiger charge is -2.20. The van der Waals surface area contributed by atoms with E-state index in [1.165, 1.54) is 32.8 Å². The van der Waals surface area contributed by atoms with E-state index in [4.69, 9.17) is 4.98 Å². The zero-order valence-electron chi connectivity index (χ0n) is 11.5. The molecule has 1 heteroatoms. The van der Waals surface area contributed by atoms with E-state index in [2.05, 4.69) is 66.7 Å². The Morgan fingerprint density at radius 2 is 1.52 bits per heavy atom. The minimum atomic E-state index is 0.974. The van der Waals surface area contributed by atoms with Crippen LogP contribution in [0.4, 0.5) is 0 Å². The highest BCUT2D eigenvalue weighted by Gasteiger charge is 2.19. The summed E-state index contributed by atoms with van der Waals surface area (Å²) < 4.78 is 0. The van der Waals surface area contributed by atoms with Crippen LogP contribution in [0.3, 0.4) is 0 Å². The van der Waals surface area contributed by atoms with Crippen molar-refractivity contribution in [1.29, 1.82) is 0 Å². The van der Waals surface area contributed by atoms with Crippen LogP contribution in [0.5, 0.6) is 0 Å². The Hall–Kier alpha value is -2.67. The molecule has 0 saturated carbocycles.